The first-order valence-corrected chi connectivity index (χ1v) is 12.9. The van der Waals surface area contributed by atoms with E-state index in [1.54, 1.807) is 21.3 Å². The number of carbonyl (C=O) groups excluding carboxylic acids is 1. The number of benzene rings is 4. The van der Waals surface area contributed by atoms with Crippen LogP contribution in [0.1, 0.15) is 38.2 Å². The highest BCUT2D eigenvalue weighted by Crippen LogP contribution is 2.25. The van der Waals surface area contributed by atoms with Gasteiger partial charge in [0.25, 0.3) is 5.91 Å². The average molecular weight is 526 g/mol. The van der Waals surface area contributed by atoms with Crippen molar-refractivity contribution in [1.82, 2.24) is 4.90 Å². The summed E-state index contributed by atoms with van der Waals surface area (Å²) in [5.74, 6) is 1.45. The van der Waals surface area contributed by atoms with Crippen LogP contribution in [0, 0.1) is 0 Å². The fourth-order valence-electron chi connectivity index (χ4n) is 4.48. The molecule has 202 valence electrons. The molecule has 0 spiro atoms. The first-order valence-electron chi connectivity index (χ1n) is 12.9. The molecule has 6 nitrogen and oxygen atoms in total. The summed E-state index contributed by atoms with van der Waals surface area (Å²) in [5.41, 5.74) is 5.37. The third kappa shape index (κ3) is 7.77. The van der Waals surface area contributed by atoms with Gasteiger partial charge in [-0.1, -0.05) is 66.7 Å². The maximum absolute atomic E-state index is 14.2. The van der Waals surface area contributed by atoms with E-state index < -0.39 is 0 Å². The molecule has 0 fully saturated rings. The van der Waals surface area contributed by atoms with Crippen LogP contribution < -0.4 is 4.74 Å². The molecule has 0 aliphatic rings. The Hall–Kier alpha value is -3.97. The number of carbonyl (C=O) groups is 1. The van der Waals surface area contributed by atoms with Crippen molar-refractivity contribution in [3.63, 3.8) is 0 Å². The summed E-state index contributed by atoms with van der Waals surface area (Å²) in [6.45, 7) is 2.03. The molecular formula is C33H35NO5. The molecule has 4 aromatic rings. The summed E-state index contributed by atoms with van der Waals surface area (Å²) in [5, 5.41) is 0. The molecule has 39 heavy (non-hydrogen) atoms. The summed E-state index contributed by atoms with van der Waals surface area (Å²) >= 11 is 0. The van der Waals surface area contributed by atoms with Crippen LogP contribution in [0.2, 0.25) is 0 Å². The van der Waals surface area contributed by atoms with Crippen LogP contribution >= 0.6 is 0 Å². The van der Waals surface area contributed by atoms with E-state index >= 15 is 0 Å². The lowest BCUT2D eigenvalue weighted by Gasteiger charge is -2.25. The van der Waals surface area contributed by atoms with E-state index in [0.717, 1.165) is 39.3 Å². The van der Waals surface area contributed by atoms with Crippen LogP contribution in [0.15, 0.2) is 97.1 Å². The molecule has 0 aliphatic carbocycles. The van der Waals surface area contributed by atoms with Crippen molar-refractivity contribution >= 4 is 5.91 Å². The normalized spacial score (nSPS) is 10.8. The van der Waals surface area contributed by atoms with Crippen molar-refractivity contribution in [1.29, 1.82) is 0 Å². The first-order chi connectivity index (χ1) is 19.1. The molecule has 0 saturated heterocycles. The lowest BCUT2D eigenvalue weighted by atomic mass is 9.97. The van der Waals surface area contributed by atoms with Gasteiger partial charge >= 0.3 is 0 Å². The summed E-state index contributed by atoms with van der Waals surface area (Å²) in [6.07, 6.45) is 0. The Balaban J connectivity index is 1.64. The molecule has 4 rings (SSSR count). The highest BCUT2D eigenvalue weighted by atomic mass is 16.5. The summed E-state index contributed by atoms with van der Waals surface area (Å²) < 4.78 is 22.2. The first kappa shape index (κ1) is 28.0. The Morgan fingerprint density at radius 2 is 1.08 bits per heavy atom. The van der Waals surface area contributed by atoms with Crippen molar-refractivity contribution in [2.75, 3.05) is 21.3 Å². The van der Waals surface area contributed by atoms with Crippen LogP contribution in [0.25, 0.3) is 0 Å². The van der Waals surface area contributed by atoms with Gasteiger partial charge in [0, 0.05) is 40.0 Å². The maximum atomic E-state index is 14.2. The standard InChI is InChI=1S/C33H35NO5/c1-36-22-27-18-29(24-38-3)32(19-28(27)23-37-2)33(35)34(20-25-10-6-4-7-11-25)21-26-14-16-31(17-15-26)39-30-12-8-5-9-13-30/h4-19H,20-24H2,1-3H3. The van der Waals surface area contributed by atoms with E-state index in [0.29, 0.717) is 38.5 Å². The minimum atomic E-state index is -0.0724. The van der Waals surface area contributed by atoms with E-state index in [9.17, 15) is 4.79 Å². The Morgan fingerprint density at radius 1 is 0.590 bits per heavy atom. The Morgan fingerprint density at radius 3 is 1.67 bits per heavy atom. The number of nitrogens with zero attached hydrogens (tertiary/aromatic N) is 1. The number of rotatable bonds is 13. The molecule has 0 N–H and O–H groups in total. The van der Waals surface area contributed by atoms with E-state index in [-0.39, 0.29) is 5.91 Å². The molecule has 0 unspecified atom stereocenters. The van der Waals surface area contributed by atoms with Gasteiger partial charge in [0.1, 0.15) is 11.5 Å². The highest BCUT2D eigenvalue weighted by Gasteiger charge is 2.22. The van der Waals surface area contributed by atoms with Crippen molar-refractivity contribution < 1.29 is 23.7 Å². The molecule has 0 aliphatic heterocycles. The largest absolute Gasteiger partial charge is 0.457 e. The minimum absolute atomic E-state index is 0.0724. The van der Waals surface area contributed by atoms with Gasteiger partial charge in [-0.05, 0) is 58.1 Å². The predicted molar refractivity (Wildman–Crippen MR) is 152 cm³/mol. The smallest absolute Gasteiger partial charge is 0.254 e. The third-order valence-electron chi connectivity index (χ3n) is 6.33. The van der Waals surface area contributed by atoms with Crippen LogP contribution in [0.4, 0.5) is 0 Å². The van der Waals surface area contributed by atoms with Crippen LogP contribution in [0.5, 0.6) is 11.5 Å². The Kier molecular flexibility index (Phi) is 10.3. The van der Waals surface area contributed by atoms with Crippen molar-refractivity contribution in [3.05, 3.63) is 130 Å². The second kappa shape index (κ2) is 14.3. The number of ether oxygens (including phenoxy) is 4. The number of hydrogen-bond acceptors (Lipinski definition) is 5. The molecule has 0 bridgehead atoms. The molecule has 6 heteroatoms. The minimum Gasteiger partial charge on any atom is -0.457 e. The summed E-state index contributed by atoms with van der Waals surface area (Å²) in [4.78, 5) is 16.0. The zero-order valence-corrected chi connectivity index (χ0v) is 22.8. The van der Waals surface area contributed by atoms with E-state index in [1.165, 1.54) is 0 Å². The van der Waals surface area contributed by atoms with E-state index in [2.05, 4.69) is 0 Å². The second-order valence-electron chi connectivity index (χ2n) is 9.28. The Bertz CT molecular complexity index is 1320. The van der Waals surface area contributed by atoms with Crippen molar-refractivity contribution in [3.8, 4) is 11.5 Å². The third-order valence-corrected chi connectivity index (χ3v) is 6.33. The van der Waals surface area contributed by atoms with Gasteiger partial charge in [-0.3, -0.25) is 4.79 Å². The average Bonchev–Trinajstić information content (AvgIpc) is 2.96. The van der Waals surface area contributed by atoms with Gasteiger partial charge in [-0.25, -0.2) is 0 Å². The molecule has 4 aromatic carbocycles. The topological polar surface area (TPSA) is 57.2 Å². The van der Waals surface area contributed by atoms with Gasteiger partial charge in [0.15, 0.2) is 0 Å². The number of hydrogen-bond donors (Lipinski definition) is 0. The molecule has 0 radical (unpaired) electrons. The zero-order valence-electron chi connectivity index (χ0n) is 22.8. The second-order valence-corrected chi connectivity index (χ2v) is 9.28. The molecule has 0 aromatic heterocycles. The molecular weight excluding hydrogens is 490 g/mol. The van der Waals surface area contributed by atoms with Crippen LogP contribution in [-0.2, 0) is 47.1 Å². The van der Waals surface area contributed by atoms with Crippen LogP contribution in [0.3, 0.4) is 0 Å². The van der Waals surface area contributed by atoms with E-state index in [1.807, 2.05) is 102 Å². The zero-order chi connectivity index (χ0) is 27.5. The molecule has 0 atom stereocenters. The number of methoxy groups -OCH3 is 3. The Labute approximate surface area is 230 Å². The highest BCUT2D eigenvalue weighted by molar-refractivity contribution is 5.96. The van der Waals surface area contributed by atoms with Gasteiger partial charge in [0.2, 0.25) is 0 Å². The van der Waals surface area contributed by atoms with Gasteiger partial charge < -0.3 is 23.8 Å². The quantitative estimate of drug-likeness (QED) is 0.193. The fourth-order valence-corrected chi connectivity index (χ4v) is 4.48. The number of para-hydroxylation sites is 1. The molecule has 0 saturated carbocycles. The lowest BCUT2D eigenvalue weighted by molar-refractivity contribution is 0.0724. The SMILES string of the molecule is COCc1cc(COC)c(C(=O)N(Cc2ccccc2)Cc2ccc(Oc3ccccc3)cc2)cc1COC. The van der Waals surface area contributed by atoms with Gasteiger partial charge in [-0.15, -0.1) is 0 Å². The van der Waals surface area contributed by atoms with Crippen molar-refractivity contribution in [2.45, 2.75) is 32.9 Å². The predicted octanol–water partition coefficient (Wildman–Crippen LogP) is 6.76. The fraction of sp³-hybridized carbons (Fsp3) is 0.242. The lowest BCUT2D eigenvalue weighted by Crippen LogP contribution is -2.31. The van der Waals surface area contributed by atoms with Gasteiger partial charge in [-0.2, -0.15) is 0 Å². The van der Waals surface area contributed by atoms with E-state index in [4.69, 9.17) is 18.9 Å². The summed E-state index contributed by atoms with van der Waals surface area (Å²) in [6, 6.07) is 31.5. The van der Waals surface area contributed by atoms with Crippen molar-refractivity contribution in [2.24, 2.45) is 0 Å². The monoisotopic (exact) mass is 525 g/mol. The van der Waals surface area contributed by atoms with Gasteiger partial charge in [0.05, 0.1) is 19.8 Å². The number of amides is 1. The maximum Gasteiger partial charge on any atom is 0.254 e. The summed E-state index contributed by atoms with van der Waals surface area (Å²) in [7, 11) is 4.94. The molecule has 0 heterocycles. The molecule has 1 amide bonds. The van der Waals surface area contributed by atoms with Crippen LogP contribution in [-0.4, -0.2) is 32.1 Å².